The molecule has 4 nitrogen and oxygen atoms in total. The lowest BCUT2D eigenvalue weighted by molar-refractivity contribution is 0.0692. The van der Waals surface area contributed by atoms with Crippen LogP contribution in [0.2, 0.25) is 0 Å². The Morgan fingerprint density at radius 1 is 0.769 bits per heavy atom. The van der Waals surface area contributed by atoms with E-state index in [9.17, 15) is 14.7 Å². The Bertz CT molecular complexity index is 1110. The standard InChI is InChI=1S/C22H15NO3/c24-21(15-10-5-2-6-11-15)17-13-7-12-16-18(14-8-3-1-4-9-14)20(22(25)26)23-19(16)17/h1-13,23H,(H,25,26). The number of carbonyl (C=O) groups is 2. The van der Waals surface area contributed by atoms with Gasteiger partial charge in [-0.2, -0.15) is 0 Å². The number of ketones is 1. The van der Waals surface area contributed by atoms with Gasteiger partial charge in [-0.05, 0) is 11.6 Å². The highest BCUT2D eigenvalue weighted by Crippen LogP contribution is 2.34. The van der Waals surface area contributed by atoms with Crippen LogP contribution in [0.5, 0.6) is 0 Å². The van der Waals surface area contributed by atoms with Crippen molar-refractivity contribution in [2.75, 3.05) is 0 Å². The van der Waals surface area contributed by atoms with Crippen molar-refractivity contribution >= 4 is 22.7 Å². The van der Waals surface area contributed by atoms with Crippen LogP contribution in [0.4, 0.5) is 0 Å². The van der Waals surface area contributed by atoms with Gasteiger partial charge in [0.1, 0.15) is 5.69 Å². The van der Waals surface area contributed by atoms with Crippen molar-refractivity contribution in [3.05, 3.63) is 95.7 Å². The molecule has 1 heterocycles. The van der Waals surface area contributed by atoms with Crippen LogP contribution in [0.15, 0.2) is 78.9 Å². The maximum atomic E-state index is 12.9. The molecule has 0 saturated heterocycles. The minimum Gasteiger partial charge on any atom is -0.477 e. The Hall–Kier alpha value is -3.66. The van der Waals surface area contributed by atoms with Gasteiger partial charge in [-0.15, -0.1) is 0 Å². The van der Waals surface area contributed by atoms with Crippen molar-refractivity contribution < 1.29 is 14.7 Å². The van der Waals surface area contributed by atoms with Gasteiger partial charge in [0.2, 0.25) is 0 Å². The lowest BCUT2D eigenvalue weighted by Gasteiger charge is -2.04. The lowest BCUT2D eigenvalue weighted by Crippen LogP contribution is -2.02. The number of fused-ring (bicyclic) bond motifs is 1. The minimum absolute atomic E-state index is 0.0829. The molecule has 0 amide bonds. The zero-order chi connectivity index (χ0) is 18.1. The van der Waals surface area contributed by atoms with Crippen LogP contribution in [0, 0.1) is 0 Å². The first kappa shape index (κ1) is 15.8. The van der Waals surface area contributed by atoms with E-state index in [1.807, 2.05) is 42.5 Å². The molecule has 1 aromatic heterocycles. The van der Waals surface area contributed by atoms with Gasteiger partial charge < -0.3 is 10.1 Å². The second kappa shape index (κ2) is 6.33. The quantitative estimate of drug-likeness (QED) is 0.526. The molecule has 0 spiro atoms. The zero-order valence-electron chi connectivity index (χ0n) is 13.8. The summed E-state index contributed by atoms with van der Waals surface area (Å²) in [5.41, 5.74) is 3.03. The van der Waals surface area contributed by atoms with Gasteiger partial charge in [-0.25, -0.2) is 4.79 Å². The molecule has 26 heavy (non-hydrogen) atoms. The molecule has 2 N–H and O–H groups in total. The average molecular weight is 341 g/mol. The number of para-hydroxylation sites is 1. The number of carboxylic acid groups (broad SMARTS) is 1. The molecule has 4 rings (SSSR count). The van der Waals surface area contributed by atoms with E-state index in [-0.39, 0.29) is 11.5 Å². The van der Waals surface area contributed by atoms with E-state index in [2.05, 4.69) is 4.98 Å². The molecule has 4 heteroatoms. The minimum atomic E-state index is -1.06. The van der Waals surface area contributed by atoms with Crippen molar-refractivity contribution in [1.82, 2.24) is 4.98 Å². The van der Waals surface area contributed by atoms with Gasteiger partial charge in [0.15, 0.2) is 5.78 Å². The van der Waals surface area contributed by atoms with E-state index in [4.69, 9.17) is 0 Å². The van der Waals surface area contributed by atoms with Crippen LogP contribution in [-0.2, 0) is 0 Å². The Balaban J connectivity index is 1.99. The van der Waals surface area contributed by atoms with Crippen molar-refractivity contribution in [1.29, 1.82) is 0 Å². The molecule has 4 aromatic rings. The summed E-state index contributed by atoms with van der Waals surface area (Å²) in [6.45, 7) is 0. The number of aromatic nitrogens is 1. The summed E-state index contributed by atoms with van der Waals surface area (Å²) < 4.78 is 0. The SMILES string of the molecule is O=C(O)c1[nH]c2c(C(=O)c3ccccc3)cccc2c1-c1ccccc1. The predicted octanol–water partition coefficient (Wildman–Crippen LogP) is 4.76. The smallest absolute Gasteiger partial charge is 0.352 e. The summed E-state index contributed by atoms with van der Waals surface area (Å²) in [5.74, 6) is -1.20. The van der Waals surface area contributed by atoms with Gasteiger partial charge in [0, 0.05) is 22.1 Å². The molecule has 0 saturated carbocycles. The highest BCUT2D eigenvalue weighted by molar-refractivity contribution is 6.19. The first-order valence-electron chi connectivity index (χ1n) is 8.20. The number of aromatic carboxylic acids is 1. The highest BCUT2D eigenvalue weighted by atomic mass is 16.4. The fourth-order valence-electron chi connectivity index (χ4n) is 3.22. The molecular formula is C22H15NO3. The van der Waals surface area contributed by atoms with Crippen LogP contribution in [0.25, 0.3) is 22.0 Å². The number of hydrogen-bond acceptors (Lipinski definition) is 2. The molecule has 0 atom stereocenters. The fourth-order valence-corrected chi connectivity index (χ4v) is 3.22. The molecule has 0 bridgehead atoms. The predicted molar refractivity (Wildman–Crippen MR) is 101 cm³/mol. The summed E-state index contributed by atoms with van der Waals surface area (Å²) in [6.07, 6.45) is 0. The number of hydrogen-bond donors (Lipinski definition) is 2. The topological polar surface area (TPSA) is 70.2 Å². The molecule has 0 aliphatic carbocycles. The largest absolute Gasteiger partial charge is 0.477 e. The van der Waals surface area contributed by atoms with Gasteiger partial charge >= 0.3 is 5.97 Å². The number of carbonyl (C=O) groups excluding carboxylic acids is 1. The van der Waals surface area contributed by atoms with Gasteiger partial charge in [-0.1, -0.05) is 72.8 Å². The number of carboxylic acids is 1. The van der Waals surface area contributed by atoms with Crippen molar-refractivity contribution in [2.45, 2.75) is 0 Å². The van der Waals surface area contributed by atoms with E-state index in [0.717, 1.165) is 10.9 Å². The number of H-pyrrole nitrogens is 1. The maximum absolute atomic E-state index is 12.9. The van der Waals surface area contributed by atoms with Gasteiger partial charge in [-0.3, -0.25) is 4.79 Å². The summed E-state index contributed by atoms with van der Waals surface area (Å²) in [7, 11) is 0. The number of rotatable bonds is 4. The number of aromatic amines is 1. The Kier molecular flexibility index (Phi) is 3.86. The van der Waals surface area contributed by atoms with E-state index in [1.165, 1.54) is 0 Å². The third-order valence-electron chi connectivity index (χ3n) is 4.39. The van der Waals surface area contributed by atoms with Crippen molar-refractivity contribution in [3.8, 4) is 11.1 Å². The van der Waals surface area contributed by atoms with Crippen molar-refractivity contribution in [2.24, 2.45) is 0 Å². The molecule has 3 aromatic carbocycles. The Morgan fingerprint density at radius 2 is 1.42 bits per heavy atom. The summed E-state index contributed by atoms with van der Waals surface area (Å²) in [6, 6.07) is 23.6. The third-order valence-corrected chi connectivity index (χ3v) is 4.39. The highest BCUT2D eigenvalue weighted by Gasteiger charge is 2.22. The zero-order valence-corrected chi connectivity index (χ0v) is 13.8. The molecule has 0 aliphatic rings. The van der Waals surface area contributed by atoms with Gasteiger partial charge in [0.05, 0.1) is 5.52 Å². The van der Waals surface area contributed by atoms with Crippen LogP contribution in [0.1, 0.15) is 26.4 Å². The Morgan fingerprint density at radius 3 is 2.08 bits per heavy atom. The molecule has 0 unspecified atom stereocenters. The molecular weight excluding hydrogens is 326 g/mol. The van der Waals surface area contributed by atoms with E-state index in [1.54, 1.807) is 36.4 Å². The maximum Gasteiger partial charge on any atom is 0.352 e. The van der Waals surface area contributed by atoms with Gasteiger partial charge in [0.25, 0.3) is 0 Å². The fraction of sp³-hybridized carbons (Fsp3) is 0. The summed E-state index contributed by atoms with van der Waals surface area (Å²) >= 11 is 0. The van der Waals surface area contributed by atoms with Crippen LogP contribution in [0.3, 0.4) is 0 Å². The first-order chi connectivity index (χ1) is 12.7. The van der Waals surface area contributed by atoms with E-state index >= 15 is 0 Å². The van der Waals surface area contributed by atoms with Crippen molar-refractivity contribution in [3.63, 3.8) is 0 Å². The number of benzene rings is 3. The molecule has 126 valence electrons. The third kappa shape index (κ3) is 2.58. The average Bonchev–Trinajstić information content (AvgIpc) is 3.09. The summed E-state index contributed by atoms with van der Waals surface area (Å²) in [5, 5.41) is 10.4. The number of nitrogens with one attached hydrogen (secondary N) is 1. The second-order valence-electron chi connectivity index (χ2n) is 5.97. The van der Waals surface area contributed by atoms with E-state index in [0.29, 0.717) is 22.2 Å². The van der Waals surface area contributed by atoms with Crippen LogP contribution in [-0.4, -0.2) is 21.8 Å². The molecule has 0 aliphatic heterocycles. The second-order valence-corrected chi connectivity index (χ2v) is 5.97. The van der Waals surface area contributed by atoms with Crippen LogP contribution >= 0.6 is 0 Å². The summed E-state index contributed by atoms with van der Waals surface area (Å²) in [4.78, 5) is 27.7. The Labute approximate surface area is 149 Å². The van der Waals surface area contributed by atoms with Crippen LogP contribution < -0.4 is 0 Å². The monoisotopic (exact) mass is 341 g/mol. The molecule has 0 fully saturated rings. The van der Waals surface area contributed by atoms with E-state index < -0.39 is 5.97 Å². The molecule has 0 radical (unpaired) electrons. The normalized spacial score (nSPS) is 10.8. The first-order valence-corrected chi connectivity index (χ1v) is 8.20. The lowest BCUT2D eigenvalue weighted by atomic mass is 9.97.